The van der Waals surface area contributed by atoms with Crippen LogP contribution in [0.5, 0.6) is 0 Å². The maximum atomic E-state index is 12.9. The highest BCUT2D eigenvalue weighted by atomic mass is 19.1. The first kappa shape index (κ1) is 14.8. The van der Waals surface area contributed by atoms with Crippen molar-refractivity contribution in [3.8, 4) is 0 Å². The van der Waals surface area contributed by atoms with E-state index in [1.165, 1.54) is 30.5 Å². The van der Waals surface area contributed by atoms with Gasteiger partial charge in [0.1, 0.15) is 11.6 Å². The number of ether oxygens (including phenoxy) is 1. The Hall–Kier alpha value is -2.63. The Balaban J connectivity index is 1.97. The molecular formula is C15H14FNO4. The fraction of sp³-hybridized carbons (Fsp3) is 0.200. The Morgan fingerprint density at radius 1 is 1.24 bits per heavy atom. The highest BCUT2D eigenvalue weighted by molar-refractivity contribution is 5.83. The van der Waals surface area contributed by atoms with Gasteiger partial charge in [0.15, 0.2) is 0 Å². The summed E-state index contributed by atoms with van der Waals surface area (Å²) in [5.41, 5.74) is 5.55. The van der Waals surface area contributed by atoms with Crippen LogP contribution in [0, 0.1) is 5.82 Å². The molecule has 0 saturated heterocycles. The van der Waals surface area contributed by atoms with E-state index >= 15 is 0 Å². The summed E-state index contributed by atoms with van der Waals surface area (Å²) in [4.78, 5) is 23.1. The minimum atomic E-state index is -1.23. The second kappa shape index (κ2) is 6.69. The van der Waals surface area contributed by atoms with E-state index in [0.717, 1.165) is 0 Å². The SMILES string of the molecule is NC(=O)[C@@H](OC(=O)CCc1ccco1)c1ccc(F)cc1. The standard InChI is InChI=1S/C15H14FNO4/c16-11-5-3-10(4-6-11)14(15(17)19)21-13(18)8-7-12-2-1-9-20-12/h1-6,9,14H,7-8H2,(H2,17,19)/t14-/m0/s1. The molecule has 0 saturated carbocycles. The van der Waals surface area contributed by atoms with Crippen LogP contribution in [0.1, 0.15) is 23.8 Å². The third-order valence-corrected chi connectivity index (χ3v) is 2.84. The molecule has 21 heavy (non-hydrogen) atoms. The second-order valence-electron chi connectivity index (χ2n) is 4.40. The third kappa shape index (κ3) is 4.17. The van der Waals surface area contributed by atoms with Crippen LogP contribution in [0.2, 0.25) is 0 Å². The number of halogens is 1. The van der Waals surface area contributed by atoms with Gasteiger partial charge in [-0.3, -0.25) is 9.59 Å². The molecule has 0 aliphatic rings. The van der Waals surface area contributed by atoms with E-state index in [-0.39, 0.29) is 6.42 Å². The van der Waals surface area contributed by atoms with Gasteiger partial charge in [0.2, 0.25) is 6.10 Å². The average Bonchev–Trinajstić information content (AvgIpc) is 2.97. The molecule has 2 aromatic rings. The van der Waals surface area contributed by atoms with Gasteiger partial charge in [-0.05, 0) is 24.3 Å². The predicted octanol–water partition coefficient (Wildman–Crippen LogP) is 2.12. The van der Waals surface area contributed by atoms with Gasteiger partial charge in [-0.2, -0.15) is 0 Å². The molecule has 2 rings (SSSR count). The number of nitrogens with two attached hydrogens (primary N) is 1. The van der Waals surface area contributed by atoms with Crippen molar-refractivity contribution in [2.45, 2.75) is 18.9 Å². The van der Waals surface area contributed by atoms with Crippen molar-refractivity contribution in [2.24, 2.45) is 5.73 Å². The van der Waals surface area contributed by atoms with Crippen molar-refractivity contribution in [3.63, 3.8) is 0 Å². The summed E-state index contributed by atoms with van der Waals surface area (Å²) in [5.74, 6) is -1.21. The van der Waals surface area contributed by atoms with Gasteiger partial charge >= 0.3 is 5.97 Å². The number of esters is 1. The van der Waals surface area contributed by atoms with Crippen LogP contribution < -0.4 is 5.73 Å². The molecule has 1 amide bonds. The molecule has 1 atom stereocenters. The summed E-state index contributed by atoms with van der Waals surface area (Å²) in [7, 11) is 0. The van der Waals surface area contributed by atoms with Gasteiger partial charge in [-0.15, -0.1) is 0 Å². The molecule has 0 aliphatic carbocycles. The number of furan rings is 1. The summed E-state index contributed by atoms with van der Waals surface area (Å²) in [5, 5.41) is 0. The summed E-state index contributed by atoms with van der Waals surface area (Å²) >= 11 is 0. The van der Waals surface area contributed by atoms with Crippen molar-refractivity contribution in [1.82, 2.24) is 0 Å². The fourth-order valence-corrected chi connectivity index (χ4v) is 1.80. The molecule has 1 aromatic heterocycles. The lowest BCUT2D eigenvalue weighted by Crippen LogP contribution is -2.26. The monoisotopic (exact) mass is 291 g/mol. The molecule has 6 heteroatoms. The Morgan fingerprint density at radius 2 is 1.95 bits per heavy atom. The third-order valence-electron chi connectivity index (χ3n) is 2.84. The molecule has 5 nitrogen and oxygen atoms in total. The fourth-order valence-electron chi connectivity index (χ4n) is 1.80. The van der Waals surface area contributed by atoms with Crippen molar-refractivity contribution < 1.29 is 23.1 Å². The highest BCUT2D eigenvalue weighted by Crippen LogP contribution is 2.19. The van der Waals surface area contributed by atoms with Gasteiger partial charge in [-0.1, -0.05) is 12.1 Å². The molecule has 110 valence electrons. The van der Waals surface area contributed by atoms with E-state index < -0.39 is 23.8 Å². The summed E-state index contributed by atoms with van der Waals surface area (Å²) in [6.45, 7) is 0. The Labute approximate surface area is 120 Å². The van der Waals surface area contributed by atoms with Gasteiger partial charge < -0.3 is 14.9 Å². The molecular weight excluding hydrogens is 277 g/mol. The summed E-state index contributed by atoms with van der Waals surface area (Å²) in [6, 6.07) is 8.49. The average molecular weight is 291 g/mol. The van der Waals surface area contributed by atoms with Gasteiger partial charge in [-0.25, -0.2) is 4.39 Å². The van der Waals surface area contributed by atoms with Crippen LogP contribution in [0.15, 0.2) is 47.1 Å². The summed E-state index contributed by atoms with van der Waals surface area (Å²) in [6.07, 6.45) is 0.694. The predicted molar refractivity (Wildman–Crippen MR) is 71.5 cm³/mol. The lowest BCUT2D eigenvalue weighted by Gasteiger charge is -2.14. The molecule has 0 fully saturated rings. The van der Waals surface area contributed by atoms with Crippen LogP contribution in [0.25, 0.3) is 0 Å². The van der Waals surface area contributed by atoms with Crippen LogP contribution >= 0.6 is 0 Å². The maximum absolute atomic E-state index is 12.9. The summed E-state index contributed by atoms with van der Waals surface area (Å²) < 4.78 is 23.0. The van der Waals surface area contributed by atoms with Crippen LogP contribution in [-0.2, 0) is 20.7 Å². The van der Waals surface area contributed by atoms with E-state index in [4.69, 9.17) is 14.9 Å². The van der Waals surface area contributed by atoms with Gasteiger partial charge in [0.05, 0.1) is 12.7 Å². The first-order valence-corrected chi connectivity index (χ1v) is 6.33. The Kier molecular flexibility index (Phi) is 4.71. The van der Waals surface area contributed by atoms with E-state index in [1.54, 1.807) is 12.1 Å². The minimum Gasteiger partial charge on any atom is -0.469 e. The van der Waals surface area contributed by atoms with E-state index in [2.05, 4.69) is 0 Å². The molecule has 0 spiro atoms. The molecule has 0 unspecified atom stereocenters. The van der Waals surface area contributed by atoms with E-state index in [9.17, 15) is 14.0 Å². The number of carbonyl (C=O) groups excluding carboxylic acids is 2. The zero-order valence-electron chi connectivity index (χ0n) is 11.1. The van der Waals surface area contributed by atoms with Gasteiger partial charge in [0, 0.05) is 12.0 Å². The number of hydrogen-bond donors (Lipinski definition) is 1. The minimum absolute atomic E-state index is 0.0541. The van der Waals surface area contributed by atoms with Crippen LogP contribution in [0.4, 0.5) is 4.39 Å². The van der Waals surface area contributed by atoms with Gasteiger partial charge in [0.25, 0.3) is 5.91 Å². The first-order chi connectivity index (χ1) is 10.1. The number of benzene rings is 1. The number of rotatable bonds is 6. The lowest BCUT2D eigenvalue weighted by atomic mass is 10.1. The Bertz CT molecular complexity index is 607. The molecule has 0 bridgehead atoms. The molecule has 1 aromatic carbocycles. The second-order valence-corrected chi connectivity index (χ2v) is 4.40. The van der Waals surface area contributed by atoms with E-state index in [0.29, 0.717) is 17.7 Å². The normalized spacial score (nSPS) is 11.9. The van der Waals surface area contributed by atoms with Crippen molar-refractivity contribution in [3.05, 3.63) is 59.8 Å². The zero-order chi connectivity index (χ0) is 15.2. The quantitative estimate of drug-likeness (QED) is 0.826. The van der Waals surface area contributed by atoms with Crippen molar-refractivity contribution >= 4 is 11.9 Å². The smallest absolute Gasteiger partial charge is 0.307 e. The number of primary amides is 1. The lowest BCUT2D eigenvalue weighted by molar-refractivity contribution is -0.155. The molecule has 0 aliphatic heterocycles. The molecule has 0 radical (unpaired) electrons. The van der Waals surface area contributed by atoms with Crippen LogP contribution in [-0.4, -0.2) is 11.9 Å². The topological polar surface area (TPSA) is 82.5 Å². The number of aryl methyl sites for hydroxylation is 1. The maximum Gasteiger partial charge on any atom is 0.307 e. The van der Waals surface area contributed by atoms with E-state index in [1.807, 2.05) is 0 Å². The highest BCUT2D eigenvalue weighted by Gasteiger charge is 2.22. The van der Waals surface area contributed by atoms with Crippen LogP contribution in [0.3, 0.4) is 0 Å². The zero-order valence-corrected chi connectivity index (χ0v) is 11.1. The molecule has 2 N–H and O–H groups in total. The number of carbonyl (C=O) groups is 2. The number of hydrogen-bond acceptors (Lipinski definition) is 4. The van der Waals surface area contributed by atoms with Crippen molar-refractivity contribution in [2.75, 3.05) is 0 Å². The molecule has 1 heterocycles. The van der Waals surface area contributed by atoms with Crippen molar-refractivity contribution in [1.29, 1.82) is 0 Å². The largest absolute Gasteiger partial charge is 0.469 e. The first-order valence-electron chi connectivity index (χ1n) is 6.33. The number of amides is 1. The Morgan fingerprint density at radius 3 is 2.52 bits per heavy atom.